The third-order valence-electron chi connectivity index (χ3n) is 3.39. The van der Waals surface area contributed by atoms with Gasteiger partial charge in [0.25, 0.3) is 0 Å². The zero-order valence-corrected chi connectivity index (χ0v) is 12.2. The number of nitrogens with zero attached hydrogens (tertiary/aromatic N) is 2. The zero-order chi connectivity index (χ0) is 14.7. The van der Waals surface area contributed by atoms with Crippen LogP contribution < -0.4 is 4.74 Å². The molecule has 0 aliphatic rings. The van der Waals surface area contributed by atoms with Gasteiger partial charge in [-0.15, -0.1) is 0 Å². The van der Waals surface area contributed by atoms with E-state index in [0.29, 0.717) is 5.56 Å². The summed E-state index contributed by atoms with van der Waals surface area (Å²) in [5, 5.41) is 0. The third-order valence-corrected chi connectivity index (χ3v) is 3.39. The van der Waals surface area contributed by atoms with E-state index in [0.717, 1.165) is 28.3 Å². The van der Waals surface area contributed by atoms with Crippen LogP contribution in [0.3, 0.4) is 0 Å². The SMILES string of the molecule is COc1c(C)cnc(CC(=O)c2cccnc2C)c1C. The smallest absolute Gasteiger partial charge is 0.170 e. The highest BCUT2D eigenvalue weighted by atomic mass is 16.5. The highest BCUT2D eigenvalue weighted by Crippen LogP contribution is 2.24. The highest BCUT2D eigenvalue weighted by molar-refractivity contribution is 5.98. The molecule has 0 atom stereocenters. The van der Waals surface area contributed by atoms with Crippen molar-refractivity contribution in [3.8, 4) is 5.75 Å². The van der Waals surface area contributed by atoms with E-state index in [-0.39, 0.29) is 12.2 Å². The molecule has 4 heteroatoms. The van der Waals surface area contributed by atoms with Crippen LogP contribution in [0.1, 0.15) is 32.9 Å². The van der Waals surface area contributed by atoms with Crippen LogP contribution in [0.5, 0.6) is 5.75 Å². The molecule has 2 aromatic heterocycles. The van der Waals surface area contributed by atoms with Crippen molar-refractivity contribution in [2.24, 2.45) is 0 Å². The van der Waals surface area contributed by atoms with Gasteiger partial charge in [-0.1, -0.05) is 0 Å². The molecule has 0 amide bonds. The lowest BCUT2D eigenvalue weighted by molar-refractivity contribution is 0.0990. The number of hydrogen-bond donors (Lipinski definition) is 0. The number of aromatic nitrogens is 2. The first-order valence-electron chi connectivity index (χ1n) is 6.48. The average Bonchev–Trinajstić information content (AvgIpc) is 2.43. The van der Waals surface area contributed by atoms with E-state index in [2.05, 4.69) is 9.97 Å². The van der Waals surface area contributed by atoms with Crippen molar-refractivity contribution in [1.82, 2.24) is 9.97 Å². The van der Waals surface area contributed by atoms with Gasteiger partial charge in [0, 0.05) is 34.8 Å². The van der Waals surface area contributed by atoms with Crippen molar-refractivity contribution in [1.29, 1.82) is 0 Å². The molecule has 20 heavy (non-hydrogen) atoms. The first kappa shape index (κ1) is 14.2. The molecule has 0 unspecified atom stereocenters. The molecule has 0 saturated heterocycles. The Morgan fingerprint density at radius 2 is 2.00 bits per heavy atom. The van der Waals surface area contributed by atoms with Crippen molar-refractivity contribution in [2.75, 3.05) is 7.11 Å². The van der Waals surface area contributed by atoms with Crippen LogP contribution in [0.25, 0.3) is 0 Å². The van der Waals surface area contributed by atoms with Gasteiger partial charge < -0.3 is 4.74 Å². The van der Waals surface area contributed by atoms with Crippen molar-refractivity contribution in [3.63, 3.8) is 0 Å². The quantitative estimate of drug-likeness (QED) is 0.802. The Kier molecular flexibility index (Phi) is 4.13. The maximum Gasteiger partial charge on any atom is 0.170 e. The molecule has 0 radical (unpaired) electrons. The second-order valence-electron chi connectivity index (χ2n) is 4.78. The van der Waals surface area contributed by atoms with Crippen LogP contribution >= 0.6 is 0 Å². The fourth-order valence-electron chi connectivity index (χ4n) is 2.28. The molecule has 0 aromatic carbocycles. The molecule has 2 heterocycles. The number of carbonyl (C=O) groups is 1. The Morgan fingerprint density at radius 1 is 1.25 bits per heavy atom. The lowest BCUT2D eigenvalue weighted by atomic mass is 10.0. The third kappa shape index (κ3) is 2.69. The lowest BCUT2D eigenvalue weighted by Crippen LogP contribution is -2.10. The number of pyridine rings is 2. The summed E-state index contributed by atoms with van der Waals surface area (Å²) in [5.74, 6) is 0.822. The molecular formula is C16H18N2O2. The van der Waals surface area contributed by atoms with Gasteiger partial charge in [-0.2, -0.15) is 0 Å². The lowest BCUT2D eigenvalue weighted by Gasteiger charge is -2.12. The molecule has 0 fully saturated rings. The van der Waals surface area contributed by atoms with E-state index in [9.17, 15) is 4.79 Å². The van der Waals surface area contributed by atoms with Crippen LogP contribution in [0, 0.1) is 20.8 Å². The molecular weight excluding hydrogens is 252 g/mol. The standard InChI is InChI=1S/C16H18N2O2/c1-10-9-18-14(11(2)16(10)20-4)8-15(19)13-6-5-7-17-12(13)3/h5-7,9H,8H2,1-4H3. The van der Waals surface area contributed by atoms with Crippen LogP contribution in [-0.4, -0.2) is 22.9 Å². The molecule has 4 nitrogen and oxygen atoms in total. The maximum absolute atomic E-state index is 12.4. The fourth-order valence-corrected chi connectivity index (χ4v) is 2.28. The van der Waals surface area contributed by atoms with Gasteiger partial charge in [0.05, 0.1) is 19.2 Å². The molecule has 0 aliphatic carbocycles. The number of aryl methyl sites for hydroxylation is 2. The topological polar surface area (TPSA) is 52.1 Å². The number of methoxy groups -OCH3 is 1. The number of rotatable bonds is 4. The Bertz CT molecular complexity index is 651. The first-order valence-corrected chi connectivity index (χ1v) is 6.48. The number of ketones is 1. The summed E-state index contributed by atoms with van der Waals surface area (Å²) in [4.78, 5) is 20.9. The van der Waals surface area contributed by atoms with Gasteiger partial charge in [0.1, 0.15) is 5.75 Å². The van der Waals surface area contributed by atoms with Gasteiger partial charge in [0.2, 0.25) is 0 Å². The van der Waals surface area contributed by atoms with Crippen LogP contribution in [0.15, 0.2) is 24.5 Å². The Balaban J connectivity index is 2.32. The molecule has 0 bridgehead atoms. The number of hydrogen-bond acceptors (Lipinski definition) is 4. The summed E-state index contributed by atoms with van der Waals surface area (Å²) < 4.78 is 5.36. The maximum atomic E-state index is 12.4. The molecule has 2 rings (SSSR count). The van der Waals surface area contributed by atoms with Gasteiger partial charge in [-0.25, -0.2) is 0 Å². The van der Waals surface area contributed by atoms with Crippen LogP contribution in [0.2, 0.25) is 0 Å². The summed E-state index contributed by atoms with van der Waals surface area (Å²) in [5.41, 5.74) is 4.03. The molecule has 0 N–H and O–H groups in total. The Hall–Kier alpha value is -2.23. The molecule has 2 aromatic rings. The molecule has 0 saturated carbocycles. The summed E-state index contributed by atoms with van der Waals surface area (Å²) in [6.07, 6.45) is 3.68. The second kappa shape index (κ2) is 5.82. The minimum atomic E-state index is 0.0251. The van der Waals surface area contributed by atoms with Gasteiger partial charge >= 0.3 is 0 Å². The molecule has 0 aliphatic heterocycles. The number of Topliss-reactive ketones (excluding diaryl/α,β-unsaturated/α-hetero) is 1. The highest BCUT2D eigenvalue weighted by Gasteiger charge is 2.15. The van der Waals surface area contributed by atoms with Crippen molar-refractivity contribution < 1.29 is 9.53 Å². The van der Waals surface area contributed by atoms with Crippen LogP contribution in [-0.2, 0) is 6.42 Å². The van der Waals surface area contributed by atoms with Crippen LogP contribution in [0.4, 0.5) is 0 Å². The minimum Gasteiger partial charge on any atom is -0.496 e. The van der Waals surface area contributed by atoms with E-state index in [1.165, 1.54) is 0 Å². The average molecular weight is 270 g/mol. The second-order valence-corrected chi connectivity index (χ2v) is 4.78. The summed E-state index contributed by atoms with van der Waals surface area (Å²) in [7, 11) is 1.63. The fraction of sp³-hybridized carbons (Fsp3) is 0.312. The van der Waals surface area contributed by atoms with Crippen molar-refractivity contribution in [2.45, 2.75) is 27.2 Å². The molecule has 0 spiro atoms. The normalized spacial score (nSPS) is 10.4. The monoisotopic (exact) mass is 270 g/mol. The van der Waals surface area contributed by atoms with Gasteiger partial charge in [-0.05, 0) is 32.9 Å². The summed E-state index contributed by atoms with van der Waals surface area (Å²) in [6, 6.07) is 3.57. The van der Waals surface area contributed by atoms with E-state index in [4.69, 9.17) is 4.74 Å². The first-order chi connectivity index (χ1) is 9.54. The van der Waals surface area contributed by atoms with E-state index >= 15 is 0 Å². The predicted octanol–water partition coefficient (Wildman–Crippen LogP) is 2.84. The largest absolute Gasteiger partial charge is 0.496 e. The zero-order valence-electron chi connectivity index (χ0n) is 12.2. The Labute approximate surface area is 118 Å². The molecule has 104 valence electrons. The predicted molar refractivity (Wildman–Crippen MR) is 77.3 cm³/mol. The minimum absolute atomic E-state index is 0.0251. The van der Waals surface area contributed by atoms with Gasteiger partial charge in [-0.3, -0.25) is 14.8 Å². The van der Waals surface area contributed by atoms with E-state index < -0.39 is 0 Å². The number of carbonyl (C=O) groups excluding carboxylic acids is 1. The number of ether oxygens (including phenoxy) is 1. The van der Waals surface area contributed by atoms with Crippen molar-refractivity contribution >= 4 is 5.78 Å². The Morgan fingerprint density at radius 3 is 2.65 bits per heavy atom. The van der Waals surface area contributed by atoms with E-state index in [1.807, 2.05) is 20.8 Å². The summed E-state index contributed by atoms with van der Waals surface area (Å²) >= 11 is 0. The van der Waals surface area contributed by atoms with Gasteiger partial charge in [0.15, 0.2) is 5.78 Å². The summed E-state index contributed by atoms with van der Waals surface area (Å²) in [6.45, 7) is 5.70. The van der Waals surface area contributed by atoms with E-state index in [1.54, 1.807) is 31.6 Å². The van der Waals surface area contributed by atoms with Crippen molar-refractivity contribution in [3.05, 3.63) is 52.6 Å².